The van der Waals surface area contributed by atoms with Crippen molar-refractivity contribution in [3.8, 4) is 11.5 Å². The predicted molar refractivity (Wildman–Crippen MR) is 97.7 cm³/mol. The van der Waals surface area contributed by atoms with Crippen LogP contribution in [0.25, 0.3) is 0 Å². The second-order valence-corrected chi connectivity index (χ2v) is 5.62. The van der Waals surface area contributed by atoms with Crippen LogP contribution in [0.2, 0.25) is 0 Å². The monoisotopic (exact) mass is 371 g/mol. The number of ketones is 1. The molecule has 0 bridgehead atoms. The van der Waals surface area contributed by atoms with Crippen LogP contribution in [0.5, 0.6) is 11.5 Å². The van der Waals surface area contributed by atoms with E-state index in [0.717, 1.165) is 5.56 Å². The van der Waals surface area contributed by atoms with Crippen molar-refractivity contribution in [1.82, 2.24) is 5.32 Å². The van der Waals surface area contributed by atoms with E-state index in [2.05, 4.69) is 5.32 Å². The minimum atomic E-state index is -0.668. The molecule has 0 heterocycles. The van der Waals surface area contributed by atoms with Crippen LogP contribution in [0.4, 0.5) is 0 Å². The van der Waals surface area contributed by atoms with E-state index in [1.165, 1.54) is 6.92 Å². The highest BCUT2D eigenvalue weighted by molar-refractivity contribution is 5.94. The maximum absolute atomic E-state index is 11.8. The van der Waals surface area contributed by atoms with Crippen LogP contribution in [-0.2, 0) is 20.9 Å². The minimum Gasteiger partial charge on any atom is -0.496 e. The molecule has 0 saturated heterocycles. The van der Waals surface area contributed by atoms with E-state index in [-0.39, 0.29) is 18.9 Å². The fourth-order valence-electron chi connectivity index (χ4n) is 2.21. The van der Waals surface area contributed by atoms with Crippen molar-refractivity contribution in [1.29, 1.82) is 0 Å². The summed E-state index contributed by atoms with van der Waals surface area (Å²) in [6.07, 6.45) is 0. The third-order valence-corrected chi connectivity index (χ3v) is 3.65. The lowest BCUT2D eigenvalue weighted by molar-refractivity contribution is -0.150. The van der Waals surface area contributed by atoms with Gasteiger partial charge in [-0.15, -0.1) is 0 Å². The number of ether oxygens (including phenoxy) is 3. The first kappa shape index (κ1) is 20.0. The topological polar surface area (TPSA) is 90.9 Å². The Kier molecular flexibility index (Phi) is 7.37. The van der Waals surface area contributed by atoms with Gasteiger partial charge in [0.05, 0.1) is 7.11 Å². The van der Waals surface area contributed by atoms with Gasteiger partial charge >= 0.3 is 5.97 Å². The molecule has 0 radical (unpaired) electrons. The van der Waals surface area contributed by atoms with Crippen molar-refractivity contribution in [2.45, 2.75) is 13.5 Å². The van der Waals surface area contributed by atoms with E-state index >= 15 is 0 Å². The SMILES string of the molecule is COc1ccccc1CNC(=O)COC(=O)COc1ccc(C(C)=O)cc1. The molecule has 2 rings (SSSR count). The number of rotatable bonds is 9. The molecule has 1 amide bonds. The fourth-order valence-corrected chi connectivity index (χ4v) is 2.21. The highest BCUT2D eigenvalue weighted by atomic mass is 16.6. The Hall–Kier alpha value is -3.35. The minimum absolute atomic E-state index is 0.0555. The second-order valence-electron chi connectivity index (χ2n) is 5.62. The van der Waals surface area contributed by atoms with Gasteiger partial charge in [0.1, 0.15) is 11.5 Å². The Morgan fingerprint density at radius 3 is 2.33 bits per heavy atom. The lowest BCUT2D eigenvalue weighted by Gasteiger charge is -2.10. The van der Waals surface area contributed by atoms with Gasteiger partial charge in [-0.3, -0.25) is 9.59 Å². The molecule has 0 aliphatic heterocycles. The van der Waals surface area contributed by atoms with Gasteiger partial charge in [-0.1, -0.05) is 18.2 Å². The molecule has 0 aliphatic rings. The average molecular weight is 371 g/mol. The molecule has 0 atom stereocenters. The maximum atomic E-state index is 11.8. The molecule has 0 spiro atoms. The van der Waals surface area contributed by atoms with Crippen LogP contribution in [0.1, 0.15) is 22.8 Å². The van der Waals surface area contributed by atoms with Crippen LogP contribution >= 0.6 is 0 Å². The van der Waals surface area contributed by atoms with Crippen molar-refractivity contribution < 1.29 is 28.6 Å². The summed E-state index contributed by atoms with van der Waals surface area (Å²) in [5, 5.41) is 2.65. The molecule has 0 saturated carbocycles. The second kappa shape index (κ2) is 9.96. The Balaban J connectivity index is 1.70. The summed E-state index contributed by atoms with van der Waals surface area (Å²) < 4.78 is 15.3. The Labute approximate surface area is 157 Å². The van der Waals surface area contributed by atoms with Gasteiger partial charge in [0.2, 0.25) is 0 Å². The first-order chi connectivity index (χ1) is 13.0. The highest BCUT2D eigenvalue weighted by Gasteiger charge is 2.10. The number of carbonyl (C=O) groups is 3. The zero-order chi connectivity index (χ0) is 19.6. The van der Waals surface area contributed by atoms with Crippen molar-refractivity contribution in [2.75, 3.05) is 20.3 Å². The third-order valence-electron chi connectivity index (χ3n) is 3.65. The van der Waals surface area contributed by atoms with Gasteiger partial charge < -0.3 is 19.5 Å². The first-order valence-electron chi connectivity index (χ1n) is 8.27. The van der Waals surface area contributed by atoms with Gasteiger partial charge in [-0.2, -0.15) is 0 Å². The first-order valence-corrected chi connectivity index (χ1v) is 8.27. The highest BCUT2D eigenvalue weighted by Crippen LogP contribution is 2.16. The molecular weight excluding hydrogens is 350 g/mol. The largest absolute Gasteiger partial charge is 0.496 e. The van der Waals surface area contributed by atoms with Crippen LogP contribution < -0.4 is 14.8 Å². The van der Waals surface area contributed by atoms with E-state index in [0.29, 0.717) is 17.1 Å². The van der Waals surface area contributed by atoms with E-state index in [1.807, 2.05) is 18.2 Å². The van der Waals surface area contributed by atoms with E-state index in [1.54, 1.807) is 37.4 Å². The molecule has 1 N–H and O–H groups in total. The Bertz CT molecular complexity index is 800. The number of hydrogen-bond donors (Lipinski definition) is 1. The van der Waals surface area contributed by atoms with Crippen molar-refractivity contribution in [2.24, 2.45) is 0 Å². The fraction of sp³-hybridized carbons (Fsp3) is 0.250. The van der Waals surface area contributed by atoms with Crippen LogP contribution in [0.3, 0.4) is 0 Å². The number of carbonyl (C=O) groups excluding carboxylic acids is 3. The number of para-hydroxylation sites is 1. The summed E-state index contributed by atoms with van der Waals surface area (Å²) in [6, 6.07) is 13.7. The molecule has 0 unspecified atom stereocenters. The Morgan fingerprint density at radius 1 is 0.963 bits per heavy atom. The van der Waals surface area contributed by atoms with Gasteiger partial charge in [0, 0.05) is 17.7 Å². The zero-order valence-electron chi connectivity index (χ0n) is 15.2. The van der Waals surface area contributed by atoms with Crippen LogP contribution in [-0.4, -0.2) is 38.0 Å². The predicted octanol–water partition coefficient (Wildman–Crippen LogP) is 2.14. The lowest BCUT2D eigenvalue weighted by atomic mass is 10.1. The number of hydrogen-bond acceptors (Lipinski definition) is 6. The number of nitrogens with one attached hydrogen (secondary N) is 1. The molecule has 2 aromatic carbocycles. The molecule has 27 heavy (non-hydrogen) atoms. The molecule has 7 heteroatoms. The van der Waals surface area contributed by atoms with Crippen molar-refractivity contribution in [3.05, 3.63) is 59.7 Å². The van der Waals surface area contributed by atoms with Gasteiger partial charge in [0.25, 0.3) is 5.91 Å². The molecule has 2 aromatic rings. The zero-order valence-corrected chi connectivity index (χ0v) is 15.2. The Morgan fingerprint density at radius 2 is 1.67 bits per heavy atom. The number of Topliss-reactive ketones (excluding diaryl/α,β-unsaturated/α-hetero) is 1. The standard InChI is InChI=1S/C20H21NO6/c1-14(22)15-7-9-17(10-8-15)26-13-20(24)27-12-19(23)21-11-16-5-3-4-6-18(16)25-2/h3-10H,11-13H2,1-2H3,(H,21,23). The number of benzene rings is 2. The molecule has 7 nitrogen and oxygen atoms in total. The number of esters is 1. The number of methoxy groups -OCH3 is 1. The van der Waals surface area contributed by atoms with E-state index in [4.69, 9.17) is 14.2 Å². The van der Waals surface area contributed by atoms with E-state index < -0.39 is 18.5 Å². The lowest BCUT2D eigenvalue weighted by Crippen LogP contribution is -2.29. The van der Waals surface area contributed by atoms with Crippen molar-refractivity contribution in [3.63, 3.8) is 0 Å². The summed E-state index contributed by atoms with van der Waals surface area (Å²) in [6.45, 7) is 0.991. The average Bonchev–Trinajstić information content (AvgIpc) is 2.69. The molecule has 0 aliphatic carbocycles. The molecular formula is C20H21NO6. The molecule has 0 fully saturated rings. The molecule has 0 aromatic heterocycles. The summed E-state index contributed by atoms with van der Waals surface area (Å²) in [4.78, 5) is 34.7. The van der Waals surface area contributed by atoms with Gasteiger partial charge in [-0.05, 0) is 37.3 Å². The van der Waals surface area contributed by atoms with E-state index in [9.17, 15) is 14.4 Å². The number of amides is 1. The van der Waals surface area contributed by atoms with Gasteiger partial charge in [0.15, 0.2) is 19.0 Å². The smallest absolute Gasteiger partial charge is 0.344 e. The quantitative estimate of drug-likeness (QED) is 0.536. The summed E-state index contributed by atoms with van der Waals surface area (Å²) in [5.74, 6) is -0.0604. The summed E-state index contributed by atoms with van der Waals surface area (Å²) >= 11 is 0. The van der Waals surface area contributed by atoms with Gasteiger partial charge in [-0.25, -0.2) is 4.79 Å². The maximum Gasteiger partial charge on any atom is 0.344 e. The third kappa shape index (κ3) is 6.47. The van der Waals surface area contributed by atoms with Crippen molar-refractivity contribution >= 4 is 17.7 Å². The summed E-state index contributed by atoms with van der Waals surface area (Å²) in [5.41, 5.74) is 1.37. The normalized spacial score (nSPS) is 10.0. The molecule has 142 valence electrons. The van der Waals surface area contributed by atoms with Crippen LogP contribution in [0, 0.1) is 0 Å². The summed E-state index contributed by atoms with van der Waals surface area (Å²) in [7, 11) is 1.55. The van der Waals surface area contributed by atoms with Crippen LogP contribution in [0.15, 0.2) is 48.5 Å².